The van der Waals surface area contributed by atoms with Gasteiger partial charge in [0.2, 0.25) is 5.91 Å². The molecule has 0 saturated carbocycles. The molecule has 0 spiro atoms. The van der Waals surface area contributed by atoms with E-state index in [-0.39, 0.29) is 11.4 Å². The van der Waals surface area contributed by atoms with Crippen LogP contribution in [0.15, 0.2) is 77.7 Å². The Bertz CT molecular complexity index is 1100. The minimum absolute atomic E-state index is 0.0400. The van der Waals surface area contributed by atoms with E-state index in [2.05, 4.69) is 16.0 Å². The zero-order valence-electron chi connectivity index (χ0n) is 17.0. The van der Waals surface area contributed by atoms with Gasteiger partial charge in [0.15, 0.2) is 5.11 Å². The highest BCUT2D eigenvalue weighted by Gasteiger charge is 2.33. The van der Waals surface area contributed by atoms with Crippen molar-refractivity contribution in [1.29, 1.82) is 0 Å². The predicted octanol–water partition coefficient (Wildman–Crippen LogP) is 6.55. The van der Waals surface area contributed by atoms with Gasteiger partial charge in [0.1, 0.15) is 0 Å². The van der Waals surface area contributed by atoms with Crippen LogP contribution in [0.3, 0.4) is 0 Å². The molecular weight excluding hydrogens is 455 g/mol. The van der Waals surface area contributed by atoms with E-state index >= 15 is 0 Å². The van der Waals surface area contributed by atoms with E-state index in [0.717, 1.165) is 27.9 Å². The number of anilines is 3. The lowest BCUT2D eigenvalue weighted by atomic mass is 10.1. The summed E-state index contributed by atoms with van der Waals surface area (Å²) < 4.78 is 39.2. The van der Waals surface area contributed by atoms with E-state index in [1.165, 1.54) is 30.0 Å². The van der Waals surface area contributed by atoms with Crippen LogP contribution in [0, 0.1) is 6.92 Å². The maximum absolute atomic E-state index is 13.1. The lowest BCUT2D eigenvalue weighted by molar-refractivity contribution is -0.137. The normalized spacial score (nSPS) is 11.0. The molecule has 0 bridgehead atoms. The number of para-hydroxylation sites is 1. The number of amides is 1. The summed E-state index contributed by atoms with van der Waals surface area (Å²) in [6.07, 6.45) is -4.54. The molecule has 0 fully saturated rings. The standard InChI is InChI=1S/C23H20F3N3OS2/c1-15-9-11-16(12-10-15)27-22(31)28-17-5-4-6-18(13-17)32-14-21(30)29-20-8-3-2-7-19(20)23(24,25)26/h2-13H,14H2,1H3,(H,29,30)(H2,27,28,31). The van der Waals surface area contributed by atoms with Gasteiger partial charge in [-0.2, -0.15) is 13.2 Å². The topological polar surface area (TPSA) is 53.2 Å². The molecule has 0 aliphatic rings. The SMILES string of the molecule is Cc1ccc(NC(=S)Nc2cccc(SCC(=O)Nc3ccccc3C(F)(F)F)c2)cc1. The molecule has 0 unspecified atom stereocenters. The summed E-state index contributed by atoms with van der Waals surface area (Å²) in [4.78, 5) is 13.0. The van der Waals surface area contributed by atoms with Crippen molar-refractivity contribution in [1.82, 2.24) is 0 Å². The maximum Gasteiger partial charge on any atom is 0.418 e. The Kier molecular flexibility index (Phi) is 7.76. The summed E-state index contributed by atoms with van der Waals surface area (Å²) in [7, 11) is 0. The Hall–Kier alpha value is -3.04. The Morgan fingerprint density at radius 2 is 1.59 bits per heavy atom. The van der Waals surface area contributed by atoms with Gasteiger partial charge in [0, 0.05) is 16.3 Å². The first-order chi connectivity index (χ1) is 15.2. The van der Waals surface area contributed by atoms with Crippen molar-refractivity contribution < 1.29 is 18.0 Å². The number of hydrogen-bond acceptors (Lipinski definition) is 3. The van der Waals surface area contributed by atoms with Gasteiger partial charge >= 0.3 is 6.18 Å². The summed E-state index contributed by atoms with van der Waals surface area (Å²) in [5.41, 5.74) is 1.59. The molecule has 9 heteroatoms. The Morgan fingerprint density at radius 3 is 2.31 bits per heavy atom. The van der Waals surface area contributed by atoms with Crippen LogP contribution >= 0.6 is 24.0 Å². The second-order valence-corrected chi connectivity index (χ2v) is 8.31. The zero-order chi connectivity index (χ0) is 23.1. The van der Waals surface area contributed by atoms with Crippen molar-refractivity contribution in [3.63, 3.8) is 0 Å². The maximum atomic E-state index is 13.1. The largest absolute Gasteiger partial charge is 0.418 e. The third-order valence-electron chi connectivity index (χ3n) is 4.28. The van der Waals surface area contributed by atoms with E-state index in [9.17, 15) is 18.0 Å². The molecule has 0 aliphatic heterocycles. The monoisotopic (exact) mass is 475 g/mol. The highest BCUT2D eigenvalue weighted by atomic mass is 32.2. The first kappa shape index (κ1) is 23.6. The van der Waals surface area contributed by atoms with Crippen LogP contribution < -0.4 is 16.0 Å². The third kappa shape index (κ3) is 7.00. The summed E-state index contributed by atoms with van der Waals surface area (Å²) >= 11 is 6.54. The molecule has 0 aliphatic carbocycles. The van der Waals surface area contributed by atoms with Crippen molar-refractivity contribution in [2.45, 2.75) is 18.0 Å². The van der Waals surface area contributed by atoms with Gasteiger partial charge in [-0.3, -0.25) is 4.79 Å². The zero-order valence-corrected chi connectivity index (χ0v) is 18.6. The third-order valence-corrected chi connectivity index (χ3v) is 5.48. The number of halogens is 3. The number of alkyl halides is 3. The quantitative estimate of drug-likeness (QED) is 0.279. The van der Waals surface area contributed by atoms with Crippen molar-refractivity contribution in [3.05, 3.63) is 83.9 Å². The first-order valence-corrected chi connectivity index (χ1v) is 10.9. The van der Waals surface area contributed by atoms with Crippen LogP contribution in [0.2, 0.25) is 0 Å². The molecular formula is C23H20F3N3OS2. The molecule has 0 radical (unpaired) electrons. The first-order valence-electron chi connectivity index (χ1n) is 9.54. The molecule has 0 atom stereocenters. The van der Waals surface area contributed by atoms with Crippen LogP contribution in [0.4, 0.5) is 30.2 Å². The van der Waals surface area contributed by atoms with Gasteiger partial charge in [0.25, 0.3) is 0 Å². The Morgan fingerprint density at radius 1 is 0.906 bits per heavy atom. The minimum atomic E-state index is -4.54. The second kappa shape index (κ2) is 10.5. The van der Waals surface area contributed by atoms with Gasteiger partial charge in [-0.15, -0.1) is 11.8 Å². The molecule has 0 aromatic heterocycles. The van der Waals surface area contributed by atoms with Crippen LogP contribution in [-0.4, -0.2) is 16.8 Å². The van der Waals surface area contributed by atoms with E-state index in [1.54, 1.807) is 6.07 Å². The second-order valence-electron chi connectivity index (χ2n) is 6.85. The molecule has 3 aromatic rings. The van der Waals surface area contributed by atoms with Crippen LogP contribution in [0.1, 0.15) is 11.1 Å². The molecule has 0 saturated heterocycles. The number of carbonyl (C=O) groups excluding carboxylic acids is 1. The van der Waals surface area contributed by atoms with Gasteiger partial charge in [0.05, 0.1) is 17.0 Å². The molecule has 3 rings (SSSR count). The average Bonchev–Trinajstić information content (AvgIpc) is 2.74. The summed E-state index contributed by atoms with van der Waals surface area (Å²) in [6, 6.07) is 19.9. The number of thiocarbonyl (C=S) groups is 1. The van der Waals surface area contributed by atoms with Gasteiger partial charge < -0.3 is 16.0 Å². The number of thioether (sulfide) groups is 1. The molecule has 1 amide bonds. The highest BCUT2D eigenvalue weighted by Crippen LogP contribution is 2.34. The van der Waals surface area contributed by atoms with Crippen molar-refractivity contribution >= 4 is 52.1 Å². The Labute approximate surface area is 193 Å². The number of rotatable bonds is 6. The van der Waals surface area contributed by atoms with Gasteiger partial charge in [-0.05, 0) is 61.6 Å². The lowest BCUT2D eigenvalue weighted by Gasteiger charge is -2.14. The minimum Gasteiger partial charge on any atom is -0.332 e. The van der Waals surface area contributed by atoms with Crippen LogP contribution in [0.25, 0.3) is 0 Å². The smallest absolute Gasteiger partial charge is 0.332 e. The fourth-order valence-electron chi connectivity index (χ4n) is 2.77. The summed E-state index contributed by atoms with van der Waals surface area (Å²) in [5.74, 6) is -0.566. The number of hydrogen-bond donors (Lipinski definition) is 3. The van der Waals surface area contributed by atoms with Crippen molar-refractivity contribution in [3.8, 4) is 0 Å². The predicted molar refractivity (Wildman–Crippen MR) is 128 cm³/mol. The number of aryl methyl sites for hydroxylation is 1. The van der Waals surface area contributed by atoms with Crippen LogP contribution in [-0.2, 0) is 11.0 Å². The molecule has 3 N–H and O–H groups in total. The highest BCUT2D eigenvalue weighted by molar-refractivity contribution is 8.00. The number of benzene rings is 3. The fourth-order valence-corrected chi connectivity index (χ4v) is 3.76. The summed E-state index contributed by atoms with van der Waals surface area (Å²) in [6.45, 7) is 2.00. The summed E-state index contributed by atoms with van der Waals surface area (Å²) in [5, 5.41) is 8.92. The van der Waals surface area contributed by atoms with Gasteiger partial charge in [-0.25, -0.2) is 0 Å². The van der Waals surface area contributed by atoms with E-state index < -0.39 is 17.6 Å². The van der Waals surface area contributed by atoms with Gasteiger partial charge in [-0.1, -0.05) is 35.9 Å². The lowest BCUT2D eigenvalue weighted by Crippen LogP contribution is -2.19. The molecule has 166 valence electrons. The van der Waals surface area contributed by atoms with Crippen LogP contribution in [0.5, 0.6) is 0 Å². The fraction of sp³-hybridized carbons (Fsp3) is 0.130. The number of nitrogens with one attached hydrogen (secondary N) is 3. The molecule has 3 aromatic carbocycles. The average molecular weight is 476 g/mol. The van der Waals surface area contributed by atoms with E-state index in [1.807, 2.05) is 49.4 Å². The Balaban J connectivity index is 1.55. The van der Waals surface area contributed by atoms with Crippen molar-refractivity contribution in [2.75, 3.05) is 21.7 Å². The number of carbonyl (C=O) groups is 1. The molecule has 32 heavy (non-hydrogen) atoms. The van der Waals surface area contributed by atoms with E-state index in [4.69, 9.17) is 12.2 Å². The van der Waals surface area contributed by atoms with Crippen molar-refractivity contribution in [2.24, 2.45) is 0 Å². The molecule has 4 nitrogen and oxygen atoms in total. The van der Waals surface area contributed by atoms with E-state index in [0.29, 0.717) is 5.11 Å². The molecule has 0 heterocycles.